The molecule has 1 aromatic carbocycles. The molecule has 0 aliphatic carbocycles. The summed E-state index contributed by atoms with van der Waals surface area (Å²) in [6.45, 7) is 1.86. The van der Waals surface area contributed by atoms with E-state index in [1.165, 1.54) is 0 Å². The van der Waals surface area contributed by atoms with E-state index in [1.54, 1.807) is 18.3 Å². The van der Waals surface area contributed by atoms with Gasteiger partial charge in [-0.2, -0.15) is 0 Å². The van der Waals surface area contributed by atoms with Gasteiger partial charge in [0.1, 0.15) is 5.82 Å². The first kappa shape index (κ1) is 22.6. The molecule has 3 aromatic rings. The van der Waals surface area contributed by atoms with Crippen LogP contribution in [-0.4, -0.2) is 56.3 Å². The predicted octanol–water partition coefficient (Wildman–Crippen LogP) is 1.42. The standard InChI is InChI=1S/C23H28N8O2/c1-31-21(29-30-22(31)19-8-10-24-15-27-19)14-26-20-13-17(7-11-25-20)23(33)28-18(9-12-32)16-5-3-2-4-6-16/h2-7,11,13,18,24,32H,8-10,12,14-15H2,1H3,(H,25,26)(H,28,33)/t18-/m1/s1. The molecule has 0 bridgehead atoms. The van der Waals surface area contributed by atoms with Crippen LogP contribution in [0.25, 0.3) is 0 Å². The first-order valence-corrected chi connectivity index (χ1v) is 10.9. The minimum Gasteiger partial charge on any atom is -0.396 e. The summed E-state index contributed by atoms with van der Waals surface area (Å²) in [4.78, 5) is 21.7. The number of aliphatic hydroxyl groups is 1. The number of amides is 1. The molecule has 0 saturated carbocycles. The number of nitrogens with zero attached hydrogens (tertiary/aromatic N) is 5. The van der Waals surface area contributed by atoms with Gasteiger partial charge in [-0.3, -0.25) is 15.1 Å². The number of rotatable bonds is 9. The van der Waals surface area contributed by atoms with Gasteiger partial charge in [-0.05, 0) is 24.1 Å². The summed E-state index contributed by atoms with van der Waals surface area (Å²) in [5.74, 6) is 1.85. The van der Waals surface area contributed by atoms with Gasteiger partial charge in [0.25, 0.3) is 5.91 Å². The molecule has 33 heavy (non-hydrogen) atoms. The van der Waals surface area contributed by atoms with Crippen LogP contribution in [0.5, 0.6) is 0 Å². The Balaban J connectivity index is 1.41. The molecule has 1 aliphatic rings. The highest BCUT2D eigenvalue weighted by Crippen LogP contribution is 2.18. The molecule has 3 heterocycles. The lowest BCUT2D eigenvalue weighted by Crippen LogP contribution is -2.29. The number of hydrogen-bond acceptors (Lipinski definition) is 8. The summed E-state index contributed by atoms with van der Waals surface area (Å²) < 4.78 is 1.92. The third kappa shape index (κ3) is 5.60. The Labute approximate surface area is 192 Å². The van der Waals surface area contributed by atoms with Crippen LogP contribution in [0.15, 0.2) is 53.7 Å². The van der Waals surface area contributed by atoms with E-state index in [-0.39, 0.29) is 18.6 Å². The van der Waals surface area contributed by atoms with E-state index >= 15 is 0 Å². The zero-order valence-corrected chi connectivity index (χ0v) is 18.5. The number of aromatic nitrogens is 4. The van der Waals surface area contributed by atoms with E-state index in [0.29, 0.717) is 31.0 Å². The van der Waals surface area contributed by atoms with Gasteiger partial charge in [-0.25, -0.2) is 4.98 Å². The molecule has 1 aliphatic heterocycles. The predicted molar refractivity (Wildman–Crippen MR) is 125 cm³/mol. The second kappa shape index (κ2) is 10.8. The number of benzene rings is 1. The van der Waals surface area contributed by atoms with Crippen molar-refractivity contribution >= 4 is 17.4 Å². The Morgan fingerprint density at radius 3 is 2.85 bits per heavy atom. The Hall–Kier alpha value is -3.63. The van der Waals surface area contributed by atoms with Crippen molar-refractivity contribution in [1.29, 1.82) is 0 Å². The van der Waals surface area contributed by atoms with Crippen LogP contribution in [0.2, 0.25) is 0 Å². The van der Waals surface area contributed by atoms with Gasteiger partial charge in [0.15, 0.2) is 11.6 Å². The van der Waals surface area contributed by atoms with Gasteiger partial charge in [0, 0.05) is 38.4 Å². The zero-order valence-electron chi connectivity index (χ0n) is 18.5. The molecule has 4 rings (SSSR count). The summed E-state index contributed by atoms with van der Waals surface area (Å²) in [7, 11) is 1.92. The quantitative estimate of drug-likeness (QED) is 0.390. The molecule has 1 atom stereocenters. The highest BCUT2D eigenvalue weighted by atomic mass is 16.3. The smallest absolute Gasteiger partial charge is 0.251 e. The van der Waals surface area contributed by atoms with Gasteiger partial charge in [-0.15, -0.1) is 10.2 Å². The normalized spacial score (nSPS) is 14.4. The first-order chi connectivity index (χ1) is 16.2. The molecule has 172 valence electrons. The fourth-order valence-corrected chi connectivity index (χ4v) is 3.68. The molecular weight excluding hydrogens is 420 g/mol. The number of hydrogen-bond donors (Lipinski definition) is 4. The largest absolute Gasteiger partial charge is 0.396 e. The number of pyridine rings is 1. The SMILES string of the molecule is Cn1c(CNc2cc(C(=O)N[C@H](CCO)c3ccccc3)ccn2)nnc1C1=NCNCC1. The van der Waals surface area contributed by atoms with E-state index in [9.17, 15) is 9.90 Å². The minimum absolute atomic E-state index is 0.0222. The number of carbonyl (C=O) groups excluding carboxylic acids is 1. The monoisotopic (exact) mass is 448 g/mol. The average molecular weight is 449 g/mol. The van der Waals surface area contributed by atoms with Crippen molar-refractivity contribution in [2.45, 2.75) is 25.4 Å². The first-order valence-electron chi connectivity index (χ1n) is 10.9. The van der Waals surface area contributed by atoms with Crippen LogP contribution in [0, 0.1) is 0 Å². The van der Waals surface area contributed by atoms with Crippen molar-refractivity contribution in [3.63, 3.8) is 0 Å². The van der Waals surface area contributed by atoms with Gasteiger partial charge in [0.05, 0.1) is 25.0 Å². The molecule has 2 aromatic heterocycles. The van der Waals surface area contributed by atoms with Crippen molar-refractivity contribution in [2.24, 2.45) is 12.0 Å². The van der Waals surface area contributed by atoms with Crippen molar-refractivity contribution in [3.8, 4) is 0 Å². The number of nitrogens with one attached hydrogen (secondary N) is 3. The summed E-state index contributed by atoms with van der Waals surface area (Å²) in [6.07, 6.45) is 2.84. The second-order valence-electron chi connectivity index (χ2n) is 7.74. The van der Waals surface area contributed by atoms with Crippen molar-refractivity contribution in [1.82, 2.24) is 30.4 Å². The Bertz CT molecular complexity index is 1110. The van der Waals surface area contributed by atoms with E-state index in [4.69, 9.17) is 0 Å². The lowest BCUT2D eigenvalue weighted by atomic mass is 10.0. The van der Waals surface area contributed by atoms with E-state index in [0.717, 1.165) is 35.9 Å². The summed E-state index contributed by atoms with van der Waals surface area (Å²) >= 11 is 0. The number of aliphatic imine (C=N–C) groups is 1. The lowest BCUT2D eigenvalue weighted by molar-refractivity contribution is 0.0930. The molecule has 0 saturated heterocycles. The van der Waals surface area contributed by atoms with Crippen LogP contribution in [-0.2, 0) is 13.6 Å². The number of aliphatic hydroxyl groups excluding tert-OH is 1. The maximum absolute atomic E-state index is 12.9. The molecule has 0 spiro atoms. The van der Waals surface area contributed by atoms with Gasteiger partial charge >= 0.3 is 0 Å². The molecular formula is C23H28N8O2. The van der Waals surface area contributed by atoms with E-state index in [2.05, 4.69) is 36.1 Å². The highest BCUT2D eigenvalue weighted by molar-refractivity contribution is 5.98. The summed E-state index contributed by atoms with van der Waals surface area (Å²) in [5, 5.41) is 27.4. The molecule has 4 N–H and O–H groups in total. The van der Waals surface area contributed by atoms with Crippen LogP contribution in [0.4, 0.5) is 5.82 Å². The van der Waals surface area contributed by atoms with Crippen molar-refractivity contribution < 1.29 is 9.90 Å². The van der Waals surface area contributed by atoms with E-state index < -0.39 is 0 Å². The fourth-order valence-electron chi connectivity index (χ4n) is 3.68. The third-order valence-electron chi connectivity index (χ3n) is 5.52. The molecule has 1 amide bonds. The van der Waals surface area contributed by atoms with Crippen LogP contribution in [0.3, 0.4) is 0 Å². The topological polar surface area (TPSA) is 129 Å². The Morgan fingerprint density at radius 1 is 1.24 bits per heavy atom. The second-order valence-corrected chi connectivity index (χ2v) is 7.74. The van der Waals surface area contributed by atoms with Gasteiger partial charge in [0.2, 0.25) is 0 Å². The van der Waals surface area contributed by atoms with Crippen LogP contribution < -0.4 is 16.0 Å². The van der Waals surface area contributed by atoms with Crippen molar-refractivity contribution in [2.75, 3.05) is 25.1 Å². The average Bonchev–Trinajstić information content (AvgIpc) is 3.23. The van der Waals surface area contributed by atoms with Gasteiger partial charge < -0.3 is 20.3 Å². The Kier molecular flexibility index (Phi) is 7.38. The maximum atomic E-state index is 12.9. The van der Waals surface area contributed by atoms with Crippen LogP contribution >= 0.6 is 0 Å². The molecule has 10 nitrogen and oxygen atoms in total. The molecule has 0 radical (unpaired) electrons. The molecule has 0 fully saturated rings. The number of carbonyl (C=O) groups is 1. The summed E-state index contributed by atoms with van der Waals surface area (Å²) in [6, 6.07) is 12.7. The van der Waals surface area contributed by atoms with E-state index in [1.807, 2.05) is 41.9 Å². The highest BCUT2D eigenvalue weighted by Gasteiger charge is 2.17. The molecule has 0 unspecified atom stereocenters. The van der Waals surface area contributed by atoms with Gasteiger partial charge in [-0.1, -0.05) is 30.3 Å². The zero-order chi connectivity index (χ0) is 23.0. The van der Waals surface area contributed by atoms with Crippen LogP contribution in [0.1, 0.15) is 46.5 Å². The third-order valence-corrected chi connectivity index (χ3v) is 5.52. The lowest BCUT2D eigenvalue weighted by Gasteiger charge is -2.18. The summed E-state index contributed by atoms with van der Waals surface area (Å²) in [5.41, 5.74) is 2.38. The minimum atomic E-state index is -0.275. The maximum Gasteiger partial charge on any atom is 0.251 e. The Morgan fingerprint density at radius 2 is 2.09 bits per heavy atom. The fraction of sp³-hybridized carbons (Fsp3) is 0.348. The van der Waals surface area contributed by atoms with Crippen molar-refractivity contribution in [3.05, 3.63) is 71.4 Å². The molecule has 10 heteroatoms. The number of anilines is 1.